The molecular weight excluding hydrogens is 504 g/mol. The fourth-order valence-corrected chi connectivity index (χ4v) is 3.95. The van der Waals surface area contributed by atoms with Gasteiger partial charge in [0.05, 0.1) is 6.04 Å². The van der Waals surface area contributed by atoms with Gasteiger partial charge in [-0.1, -0.05) is 20.8 Å². The van der Waals surface area contributed by atoms with Crippen LogP contribution in [0.2, 0.25) is 0 Å². The second-order valence-electron chi connectivity index (χ2n) is 10.9. The third kappa shape index (κ3) is 9.15. The van der Waals surface area contributed by atoms with Crippen LogP contribution in [0.15, 0.2) is 0 Å². The van der Waals surface area contributed by atoms with Gasteiger partial charge >= 0.3 is 6.09 Å². The molecule has 14 heteroatoms. The number of carbonyl (C=O) groups is 5. The predicted molar refractivity (Wildman–Crippen MR) is 122 cm³/mol. The highest BCUT2D eigenvalue weighted by molar-refractivity contribution is 6.38. The summed E-state index contributed by atoms with van der Waals surface area (Å²) in [6.07, 6.45) is -3.71. The molecule has 2 fully saturated rings. The lowest BCUT2D eigenvalue weighted by atomic mass is 9.84. The van der Waals surface area contributed by atoms with Crippen molar-refractivity contribution in [1.82, 2.24) is 20.9 Å². The minimum atomic E-state index is -3.37. The molecule has 1 aliphatic carbocycles. The molecule has 0 aromatic rings. The van der Waals surface area contributed by atoms with Crippen LogP contribution in [0.1, 0.15) is 66.2 Å². The molecular formula is C23H34F4N4O6. The zero-order valence-electron chi connectivity index (χ0n) is 21.2. The number of hydrogen-bond acceptors (Lipinski definition) is 5. The summed E-state index contributed by atoms with van der Waals surface area (Å²) < 4.78 is 55.6. The van der Waals surface area contributed by atoms with E-state index < -0.39 is 97.2 Å². The van der Waals surface area contributed by atoms with Crippen LogP contribution in [0.4, 0.5) is 22.4 Å². The number of amides is 4. The molecule has 37 heavy (non-hydrogen) atoms. The molecule has 0 aromatic heterocycles. The van der Waals surface area contributed by atoms with Gasteiger partial charge in [-0.15, -0.1) is 0 Å². The first-order chi connectivity index (χ1) is 16.8. The predicted octanol–water partition coefficient (Wildman–Crippen LogP) is 2.06. The average molecular weight is 539 g/mol. The monoisotopic (exact) mass is 538 g/mol. The fraction of sp³-hybridized carbons (Fsp3) is 0.783. The van der Waals surface area contributed by atoms with Crippen molar-refractivity contribution in [2.75, 3.05) is 6.54 Å². The molecule has 4 N–H and O–H groups in total. The number of hydrogen-bond donors (Lipinski definition) is 4. The topological polar surface area (TPSA) is 145 Å². The fourth-order valence-electron chi connectivity index (χ4n) is 3.95. The van der Waals surface area contributed by atoms with E-state index in [0.717, 1.165) is 4.90 Å². The Balaban J connectivity index is 2.30. The molecule has 0 bridgehead atoms. The number of piperidine rings is 1. The lowest BCUT2D eigenvalue weighted by Crippen LogP contribution is -2.63. The smallest absolute Gasteiger partial charge is 0.405 e. The molecule has 0 spiro atoms. The zero-order valence-corrected chi connectivity index (χ0v) is 21.2. The molecule has 2 aliphatic rings. The minimum absolute atomic E-state index is 0.235. The SMILES string of the molecule is CC(F)(F)CCC(NC(=O)C1CC(F)(F)CCN1C(=O)C(NC(=O)O)C(C)(C)C)C(=O)C(=O)NC1CC1. The highest BCUT2D eigenvalue weighted by Gasteiger charge is 2.49. The largest absolute Gasteiger partial charge is 0.465 e. The van der Waals surface area contributed by atoms with Gasteiger partial charge in [0.25, 0.3) is 11.8 Å². The Morgan fingerprint density at radius 3 is 2.14 bits per heavy atom. The Labute approximate surface area is 211 Å². The van der Waals surface area contributed by atoms with E-state index in [9.17, 15) is 41.5 Å². The van der Waals surface area contributed by atoms with E-state index in [1.165, 1.54) is 20.8 Å². The van der Waals surface area contributed by atoms with E-state index in [-0.39, 0.29) is 6.04 Å². The zero-order chi connectivity index (χ0) is 28.3. The van der Waals surface area contributed by atoms with Crippen LogP contribution in [0.3, 0.4) is 0 Å². The van der Waals surface area contributed by atoms with Crippen LogP contribution in [-0.2, 0) is 19.2 Å². The van der Waals surface area contributed by atoms with Crippen LogP contribution in [-0.4, -0.2) is 82.2 Å². The summed E-state index contributed by atoms with van der Waals surface area (Å²) in [6, 6.07) is -5.20. The first kappa shape index (κ1) is 30.3. The number of likely N-dealkylation sites (tertiary alicyclic amines) is 1. The summed E-state index contributed by atoms with van der Waals surface area (Å²) in [5, 5.41) is 15.7. The summed E-state index contributed by atoms with van der Waals surface area (Å²) in [4.78, 5) is 63.4. The third-order valence-corrected chi connectivity index (χ3v) is 6.19. The number of rotatable bonds is 10. The van der Waals surface area contributed by atoms with Crippen molar-refractivity contribution in [1.29, 1.82) is 0 Å². The number of nitrogens with zero attached hydrogens (tertiary/aromatic N) is 1. The molecule has 0 radical (unpaired) electrons. The molecule has 4 amide bonds. The van der Waals surface area contributed by atoms with Crippen LogP contribution in [0, 0.1) is 5.41 Å². The van der Waals surface area contributed by atoms with Crippen molar-refractivity contribution < 1.29 is 46.6 Å². The standard InChI is InChI=1S/C23H34F4N4O6/c1-21(2,3)16(30-20(36)37)19(35)31-10-9-23(26,27)11-14(31)17(33)29-13(7-8-22(4,24)25)15(32)18(34)28-12-5-6-12/h12-14,16,30H,5-11H2,1-4H3,(H,28,34)(H,29,33)(H,36,37). The number of alkyl halides is 4. The van der Waals surface area contributed by atoms with Crippen molar-refractivity contribution in [3.8, 4) is 0 Å². The van der Waals surface area contributed by atoms with Crippen molar-refractivity contribution in [3.63, 3.8) is 0 Å². The Hall–Kier alpha value is -2.93. The van der Waals surface area contributed by atoms with Crippen LogP contribution in [0.5, 0.6) is 0 Å². The number of carbonyl (C=O) groups excluding carboxylic acids is 4. The molecule has 210 valence electrons. The van der Waals surface area contributed by atoms with Gasteiger partial charge in [0.15, 0.2) is 0 Å². The van der Waals surface area contributed by atoms with Gasteiger partial charge in [0, 0.05) is 31.8 Å². The van der Waals surface area contributed by atoms with Gasteiger partial charge in [0.2, 0.25) is 23.5 Å². The van der Waals surface area contributed by atoms with E-state index >= 15 is 0 Å². The number of halogens is 4. The molecule has 3 atom stereocenters. The normalized spacial score (nSPS) is 21.4. The maximum absolute atomic E-state index is 14.3. The van der Waals surface area contributed by atoms with Gasteiger partial charge in [-0.25, -0.2) is 22.4 Å². The van der Waals surface area contributed by atoms with Crippen LogP contribution in [0.25, 0.3) is 0 Å². The summed E-state index contributed by atoms with van der Waals surface area (Å²) >= 11 is 0. The Morgan fingerprint density at radius 1 is 1.05 bits per heavy atom. The minimum Gasteiger partial charge on any atom is -0.465 e. The first-order valence-corrected chi connectivity index (χ1v) is 12.0. The van der Waals surface area contributed by atoms with Gasteiger partial charge in [-0.2, -0.15) is 0 Å². The van der Waals surface area contributed by atoms with Gasteiger partial charge in [0.1, 0.15) is 12.1 Å². The van der Waals surface area contributed by atoms with Crippen molar-refractivity contribution in [3.05, 3.63) is 0 Å². The Bertz CT molecular complexity index is 914. The first-order valence-electron chi connectivity index (χ1n) is 12.0. The molecule has 0 aromatic carbocycles. The van der Waals surface area contributed by atoms with Gasteiger partial charge < -0.3 is 26.0 Å². The number of carboxylic acid groups (broad SMARTS) is 1. The van der Waals surface area contributed by atoms with Gasteiger partial charge in [-0.05, 0) is 31.6 Å². The van der Waals surface area contributed by atoms with Crippen LogP contribution < -0.4 is 16.0 Å². The lowest BCUT2D eigenvalue weighted by Gasteiger charge is -2.42. The number of Topliss-reactive ketones (excluding diaryl/α,β-unsaturated/α-hetero) is 1. The number of ketones is 1. The second-order valence-corrected chi connectivity index (χ2v) is 10.9. The van der Waals surface area contributed by atoms with Crippen molar-refractivity contribution >= 4 is 29.6 Å². The summed E-state index contributed by atoms with van der Waals surface area (Å²) in [7, 11) is 0. The van der Waals surface area contributed by atoms with Gasteiger partial charge in [-0.3, -0.25) is 19.2 Å². The maximum atomic E-state index is 14.3. The Morgan fingerprint density at radius 2 is 1.65 bits per heavy atom. The van der Waals surface area contributed by atoms with Crippen molar-refractivity contribution in [2.24, 2.45) is 5.41 Å². The molecule has 3 unspecified atom stereocenters. The molecule has 10 nitrogen and oxygen atoms in total. The van der Waals surface area contributed by atoms with E-state index in [1.807, 2.05) is 5.32 Å². The highest BCUT2D eigenvalue weighted by Crippen LogP contribution is 2.34. The molecule has 2 rings (SSSR count). The molecule has 1 saturated carbocycles. The third-order valence-electron chi connectivity index (χ3n) is 6.19. The number of nitrogens with one attached hydrogen (secondary N) is 3. The maximum Gasteiger partial charge on any atom is 0.405 e. The van der Waals surface area contributed by atoms with E-state index in [4.69, 9.17) is 5.11 Å². The van der Waals surface area contributed by atoms with E-state index in [1.54, 1.807) is 0 Å². The summed E-state index contributed by atoms with van der Waals surface area (Å²) in [5.74, 6) is -11.1. The van der Waals surface area contributed by atoms with E-state index in [2.05, 4.69) is 10.6 Å². The molecule has 1 aliphatic heterocycles. The van der Waals surface area contributed by atoms with E-state index in [0.29, 0.717) is 19.8 Å². The molecule has 1 heterocycles. The molecule has 1 saturated heterocycles. The average Bonchev–Trinajstić information content (AvgIpc) is 3.55. The Kier molecular flexibility index (Phi) is 9.18. The summed E-state index contributed by atoms with van der Waals surface area (Å²) in [6.45, 7) is 4.61. The van der Waals surface area contributed by atoms with Crippen molar-refractivity contribution in [2.45, 2.75) is 102 Å². The highest BCUT2D eigenvalue weighted by atomic mass is 19.3. The van der Waals surface area contributed by atoms with Crippen LogP contribution >= 0.6 is 0 Å². The quantitative estimate of drug-likeness (QED) is 0.248. The summed E-state index contributed by atoms with van der Waals surface area (Å²) in [5.41, 5.74) is -0.997. The second kappa shape index (κ2) is 11.2. The lowest BCUT2D eigenvalue weighted by molar-refractivity contribution is -0.156.